The normalized spacial score (nSPS) is 44.5. The summed E-state index contributed by atoms with van der Waals surface area (Å²) in [5.74, 6) is 0.153. The van der Waals surface area contributed by atoms with E-state index in [2.05, 4.69) is 4.98 Å². The first-order valence-corrected chi connectivity index (χ1v) is 7.86. The molecule has 11 nitrogen and oxygen atoms in total. The van der Waals surface area contributed by atoms with Crippen molar-refractivity contribution in [2.75, 3.05) is 13.2 Å². The summed E-state index contributed by atoms with van der Waals surface area (Å²) in [4.78, 5) is 3.93. The number of aromatic nitrogens is 2. The van der Waals surface area contributed by atoms with Gasteiger partial charge in [0.25, 0.3) is 0 Å². The highest BCUT2D eigenvalue weighted by molar-refractivity contribution is 5.09. The Kier molecular flexibility index (Phi) is 5.39. The monoisotopic (exact) mass is 362 g/mol. The Balaban J connectivity index is 1.83. The molecule has 0 aliphatic carbocycles. The number of rotatable bonds is 4. The second-order valence-electron chi connectivity index (χ2n) is 6.18. The van der Waals surface area contributed by atoms with E-state index < -0.39 is 68.3 Å². The minimum absolute atomic E-state index is 0.153. The van der Waals surface area contributed by atoms with Gasteiger partial charge in [0.1, 0.15) is 48.6 Å². The van der Waals surface area contributed by atoms with E-state index in [0.29, 0.717) is 0 Å². The molecule has 0 saturated carbocycles. The van der Waals surface area contributed by atoms with Gasteiger partial charge in [0, 0.05) is 12.4 Å². The van der Waals surface area contributed by atoms with E-state index >= 15 is 0 Å². The molecule has 1 aromatic rings. The number of nitrogens with zero attached hydrogens (tertiary/aromatic N) is 2. The maximum Gasteiger partial charge on any atom is 0.187 e. The third-order valence-corrected chi connectivity index (χ3v) is 4.69. The fourth-order valence-electron chi connectivity index (χ4n) is 3.25. The summed E-state index contributed by atoms with van der Waals surface area (Å²) in [6.07, 6.45) is -8.72. The number of aliphatic hydroxyl groups excluding tert-OH is 7. The molecule has 11 heteroatoms. The predicted molar refractivity (Wildman–Crippen MR) is 78.0 cm³/mol. The second-order valence-corrected chi connectivity index (χ2v) is 6.18. The van der Waals surface area contributed by atoms with Crippen LogP contribution < -0.4 is 0 Å². The molecule has 1 saturated heterocycles. The third kappa shape index (κ3) is 3.07. The zero-order chi connectivity index (χ0) is 18.3. The van der Waals surface area contributed by atoms with Gasteiger partial charge in [-0.15, -0.1) is 0 Å². The molecule has 9 atom stereocenters. The van der Waals surface area contributed by atoms with Gasteiger partial charge < -0.3 is 49.8 Å². The summed E-state index contributed by atoms with van der Waals surface area (Å²) < 4.78 is 12.2. The van der Waals surface area contributed by atoms with E-state index in [1.165, 1.54) is 17.0 Å². The van der Waals surface area contributed by atoms with Crippen molar-refractivity contribution >= 4 is 0 Å². The maximum atomic E-state index is 10.3. The van der Waals surface area contributed by atoms with Crippen LogP contribution in [0.4, 0.5) is 0 Å². The lowest BCUT2D eigenvalue weighted by Gasteiger charge is -2.44. The van der Waals surface area contributed by atoms with E-state index in [4.69, 9.17) is 9.47 Å². The third-order valence-electron chi connectivity index (χ3n) is 4.69. The molecule has 0 radical (unpaired) electrons. The summed E-state index contributed by atoms with van der Waals surface area (Å²) in [6, 6.07) is -0.830. The van der Waals surface area contributed by atoms with E-state index in [0.717, 1.165) is 0 Å². The van der Waals surface area contributed by atoms with Crippen molar-refractivity contribution in [1.82, 2.24) is 9.55 Å². The quantitative estimate of drug-likeness (QED) is 0.279. The van der Waals surface area contributed by atoms with Gasteiger partial charge in [-0.2, -0.15) is 0 Å². The summed E-state index contributed by atoms with van der Waals surface area (Å²) in [5, 5.41) is 69.0. The van der Waals surface area contributed by atoms with E-state index in [1.54, 1.807) is 0 Å². The van der Waals surface area contributed by atoms with Crippen molar-refractivity contribution in [2.45, 2.75) is 55.1 Å². The lowest BCUT2D eigenvalue weighted by atomic mass is 9.95. The van der Waals surface area contributed by atoms with E-state index in [9.17, 15) is 35.7 Å². The average Bonchev–Trinajstić information content (AvgIpc) is 3.09. The molecule has 1 fully saturated rings. The molecule has 0 bridgehead atoms. The van der Waals surface area contributed by atoms with Crippen LogP contribution >= 0.6 is 0 Å². The number of imidazole rings is 1. The van der Waals surface area contributed by atoms with Crippen LogP contribution in [0.5, 0.6) is 0 Å². The van der Waals surface area contributed by atoms with Gasteiger partial charge >= 0.3 is 0 Å². The van der Waals surface area contributed by atoms with Gasteiger partial charge in [-0.25, -0.2) is 4.98 Å². The largest absolute Gasteiger partial charge is 0.394 e. The molecular weight excluding hydrogens is 340 g/mol. The fourth-order valence-corrected chi connectivity index (χ4v) is 3.25. The Morgan fingerprint density at radius 3 is 2.36 bits per heavy atom. The summed E-state index contributed by atoms with van der Waals surface area (Å²) in [7, 11) is 0. The van der Waals surface area contributed by atoms with Crippen molar-refractivity contribution in [2.24, 2.45) is 0 Å². The molecule has 142 valence electrons. The van der Waals surface area contributed by atoms with Crippen LogP contribution in [-0.2, 0) is 9.47 Å². The number of ether oxygens (including phenoxy) is 2. The summed E-state index contributed by atoms with van der Waals surface area (Å²) in [5.41, 5.74) is 0. The number of fused-ring (bicyclic) bond motifs is 1. The number of aliphatic hydroxyl groups is 7. The topological polar surface area (TPSA) is 178 Å². The highest BCUT2D eigenvalue weighted by atomic mass is 16.7. The molecule has 7 N–H and O–H groups in total. The zero-order valence-corrected chi connectivity index (χ0v) is 13.1. The summed E-state index contributed by atoms with van der Waals surface area (Å²) in [6.45, 7) is -1.09. The Labute approximate surface area is 142 Å². The lowest BCUT2D eigenvalue weighted by Crippen LogP contribution is -2.61. The Morgan fingerprint density at radius 2 is 1.72 bits per heavy atom. The van der Waals surface area contributed by atoms with Crippen LogP contribution in [0.3, 0.4) is 0 Å². The standard InChI is InChI=1S/C14H22N2O9/c17-3-5-12(9(21)10(22)13-15-1-2-16(5)13)25-14-11(23)8(20)7(19)6(4-18)24-14/h1-2,5-12,14,17-23H,3-4H2. The van der Waals surface area contributed by atoms with Crippen LogP contribution in [0.15, 0.2) is 12.4 Å². The van der Waals surface area contributed by atoms with Gasteiger partial charge in [-0.1, -0.05) is 0 Å². The molecule has 0 aromatic carbocycles. The minimum atomic E-state index is -1.66. The van der Waals surface area contributed by atoms with Crippen molar-refractivity contribution in [3.8, 4) is 0 Å². The second kappa shape index (κ2) is 7.23. The SMILES string of the molecule is OCC1OC(OC2C(O)C(O)c3nccn3C2CO)C(O)C(O)C1O. The Bertz CT molecular complexity index is 582. The highest BCUT2D eigenvalue weighted by Crippen LogP contribution is 2.35. The van der Waals surface area contributed by atoms with Gasteiger partial charge in [-0.05, 0) is 0 Å². The van der Waals surface area contributed by atoms with E-state index in [-0.39, 0.29) is 5.82 Å². The first kappa shape index (κ1) is 18.6. The molecular formula is C14H22N2O9. The van der Waals surface area contributed by atoms with Crippen molar-refractivity contribution in [3.05, 3.63) is 18.2 Å². The van der Waals surface area contributed by atoms with Crippen molar-refractivity contribution in [1.29, 1.82) is 0 Å². The van der Waals surface area contributed by atoms with Gasteiger partial charge in [0.2, 0.25) is 0 Å². The van der Waals surface area contributed by atoms with Crippen LogP contribution in [0, 0.1) is 0 Å². The predicted octanol–water partition coefficient (Wildman–Crippen LogP) is -3.99. The molecule has 2 aliphatic rings. The lowest BCUT2D eigenvalue weighted by molar-refractivity contribution is -0.325. The van der Waals surface area contributed by atoms with Gasteiger partial charge in [-0.3, -0.25) is 0 Å². The van der Waals surface area contributed by atoms with Crippen molar-refractivity contribution < 1.29 is 45.2 Å². The highest BCUT2D eigenvalue weighted by Gasteiger charge is 2.49. The zero-order valence-electron chi connectivity index (χ0n) is 13.1. The molecule has 0 amide bonds. The molecule has 1 aromatic heterocycles. The van der Waals surface area contributed by atoms with Crippen molar-refractivity contribution in [3.63, 3.8) is 0 Å². The Hall–Kier alpha value is -1.15. The molecule has 25 heavy (non-hydrogen) atoms. The van der Waals surface area contributed by atoms with Crippen LogP contribution in [0.1, 0.15) is 18.0 Å². The van der Waals surface area contributed by atoms with E-state index in [1.807, 2.05) is 0 Å². The van der Waals surface area contributed by atoms with Gasteiger partial charge in [0.15, 0.2) is 6.29 Å². The number of hydrogen-bond donors (Lipinski definition) is 7. The smallest absolute Gasteiger partial charge is 0.187 e. The number of hydrogen-bond acceptors (Lipinski definition) is 10. The molecule has 3 heterocycles. The first-order chi connectivity index (χ1) is 11.9. The fraction of sp³-hybridized carbons (Fsp3) is 0.786. The molecule has 3 rings (SSSR count). The molecule has 9 unspecified atom stereocenters. The maximum absolute atomic E-state index is 10.3. The van der Waals surface area contributed by atoms with Crippen LogP contribution in [-0.4, -0.2) is 101 Å². The minimum Gasteiger partial charge on any atom is -0.394 e. The molecule has 2 aliphatic heterocycles. The molecule has 0 spiro atoms. The van der Waals surface area contributed by atoms with Crippen LogP contribution in [0.2, 0.25) is 0 Å². The Morgan fingerprint density at radius 1 is 1.00 bits per heavy atom. The summed E-state index contributed by atoms with van der Waals surface area (Å²) >= 11 is 0. The average molecular weight is 362 g/mol. The van der Waals surface area contributed by atoms with Gasteiger partial charge in [0.05, 0.1) is 19.3 Å². The van der Waals surface area contributed by atoms with Crippen LogP contribution in [0.25, 0.3) is 0 Å². The first-order valence-electron chi connectivity index (χ1n) is 7.86.